The number of hydrogen-bond donors (Lipinski definition) is 0. The van der Waals surface area contributed by atoms with E-state index in [0.29, 0.717) is 11.3 Å². The number of hydrogen-bond acceptors (Lipinski definition) is 0. The van der Waals surface area contributed by atoms with Crippen molar-refractivity contribution in [3.05, 3.63) is 34.9 Å². The van der Waals surface area contributed by atoms with Crippen molar-refractivity contribution in [3.63, 3.8) is 0 Å². The van der Waals surface area contributed by atoms with Gasteiger partial charge in [-0.2, -0.15) is 0 Å². The van der Waals surface area contributed by atoms with Gasteiger partial charge in [0.1, 0.15) is 0 Å². The zero-order valence-corrected chi connectivity index (χ0v) is 15.4. The summed E-state index contributed by atoms with van der Waals surface area (Å²) < 4.78 is 0. The predicted molar refractivity (Wildman–Crippen MR) is 96.2 cm³/mol. The van der Waals surface area contributed by atoms with Gasteiger partial charge in [-0.3, -0.25) is 0 Å². The number of benzene rings is 1. The first kappa shape index (κ1) is 18.3. The Morgan fingerprint density at radius 1 is 1.24 bits per heavy atom. The molecule has 0 fully saturated rings. The highest BCUT2D eigenvalue weighted by molar-refractivity contribution is 5.40. The third kappa shape index (κ3) is 3.90. The molecule has 0 spiro atoms. The number of fused-ring (bicyclic) bond motifs is 1. The van der Waals surface area contributed by atoms with Gasteiger partial charge in [-0.15, -0.1) is 0 Å². The van der Waals surface area contributed by atoms with E-state index in [1.807, 2.05) is 13.8 Å². The van der Waals surface area contributed by atoms with Crippen molar-refractivity contribution in [2.45, 2.75) is 91.9 Å². The van der Waals surface area contributed by atoms with E-state index in [1.165, 1.54) is 37.7 Å². The molecule has 0 radical (unpaired) electrons. The molecule has 0 heteroatoms. The highest BCUT2D eigenvalue weighted by atomic mass is 14.4. The van der Waals surface area contributed by atoms with E-state index < -0.39 is 0 Å². The van der Waals surface area contributed by atoms with E-state index in [4.69, 9.17) is 0 Å². The third-order valence-electron chi connectivity index (χ3n) is 5.40. The second-order valence-electron chi connectivity index (χ2n) is 7.03. The summed E-state index contributed by atoms with van der Waals surface area (Å²) in [6.07, 6.45) is 6.64. The van der Waals surface area contributed by atoms with Crippen molar-refractivity contribution < 1.29 is 0 Å². The lowest BCUT2D eigenvalue weighted by Crippen LogP contribution is -2.35. The van der Waals surface area contributed by atoms with Crippen LogP contribution in [0.3, 0.4) is 0 Å². The molecule has 0 N–H and O–H groups in total. The Labute approximate surface area is 133 Å². The molecule has 0 amide bonds. The van der Waals surface area contributed by atoms with Crippen molar-refractivity contribution in [1.29, 1.82) is 0 Å². The molecule has 1 aromatic rings. The van der Waals surface area contributed by atoms with Crippen LogP contribution in [0.4, 0.5) is 0 Å². The molecule has 0 heterocycles. The van der Waals surface area contributed by atoms with Crippen molar-refractivity contribution >= 4 is 0 Å². The molecule has 0 aliphatic heterocycles. The van der Waals surface area contributed by atoms with Gasteiger partial charge in [0.15, 0.2) is 0 Å². The fourth-order valence-corrected chi connectivity index (χ4v) is 3.62. The average Bonchev–Trinajstić information content (AvgIpc) is 2.51. The summed E-state index contributed by atoms with van der Waals surface area (Å²) in [4.78, 5) is 0. The van der Waals surface area contributed by atoms with Gasteiger partial charge >= 0.3 is 0 Å². The van der Waals surface area contributed by atoms with E-state index in [0.717, 1.165) is 5.92 Å². The smallest absolute Gasteiger partial charge is 0.00468 e. The van der Waals surface area contributed by atoms with Gasteiger partial charge in [0, 0.05) is 0 Å². The zero-order chi connectivity index (χ0) is 16.0. The first-order valence-electron chi connectivity index (χ1n) is 9.12. The molecular weight excluding hydrogens is 252 g/mol. The molecule has 0 saturated heterocycles. The molecule has 21 heavy (non-hydrogen) atoms. The summed E-state index contributed by atoms with van der Waals surface area (Å²) in [6, 6.07) is 7.29. The molecule has 1 aromatic carbocycles. The number of unbranched alkanes of at least 4 members (excludes halogenated alkanes) is 1. The summed E-state index contributed by atoms with van der Waals surface area (Å²) in [7, 11) is 0. The quantitative estimate of drug-likeness (QED) is 0.567. The fraction of sp³-hybridized carbons (Fsp3) is 0.714. The largest absolute Gasteiger partial charge is 0.0683 e. The second-order valence-corrected chi connectivity index (χ2v) is 7.03. The first-order chi connectivity index (χ1) is 9.99. The molecule has 1 aliphatic rings. The van der Waals surface area contributed by atoms with Gasteiger partial charge in [-0.25, -0.2) is 0 Å². The van der Waals surface area contributed by atoms with Crippen molar-refractivity contribution in [1.82, 2.24) is 0 Å². The van der Waals surface area contributed by atoms with Crippen molar-refractivity contribution in [2.75, 3.05) is 0 Å². The van der Waals surface area contributed by atoms with Gasteiger partial charge in [0.25, 0.3) is 0 Å². The molecule has 1 aliphatic carbocycles. The Hall–Kier alpha value is -0.780. The Kier molecular flexibility index (Phi) is 6.97. The second kappa shape index (κ2) is 8.01. The molecule has 0 bridgehead atoms. The highest BCUT2D eigenvalue weighted by Crippen LogP contribution is 2.45. The number of aryl methyl sites for hydroxylation is 1. The SMILES string of the molecule is CC.CCCCC1(C)c2ccc(C(C)C)cc2CCC1C. The Bertz CT molecular complexity index is 430. The molecule has 2 atom stereocenters. The first-order valence-corrected chi connectivity index (χ1v) is 9.12. The topological polar surface area (TPSA) is 0 Å². The lowest BCUT2D eigenvalue weighted by atomic mass is 9.62. The van der Waals surface area contributed by atoms with Gasteiger partial charge in [0.2, 0.25) is 0 Å². The van der Waals surface area contributed by atoms with Gasteiger partial charge in [-0.1, -0.05) is 79.5 Å². The van der Waals surface area contributed by atoms with Crippen LogP contribution in [0.1, 0.15) is 96.8 Å². The maximum atomic E-state index is 2.50. The zero-order valence-electron chi connectivity index (χ0n) is 15.4. The Balaban J connectivity index is 0.00000106. The molecule has 2 unspecified atom stereocenters. The minimum atomic E-state index is 0.402. The van der Waals surface area contributed by atoms with Crippen LogP contribution in [0.25, 0.3) is 0 Å². The van der Waals surface area contributed by atoms with Crippen LogP contribution in [0.5, 0.6) is 0 Å². The molecule has 2 rings (SSSR count). The number of rotatable bonds is 4. The minimum absolute atomic E-state index is 0.402. The standard InChI is InChI=1S/C19H30.C2H6/c1-6-7-12-19(5)15(4)8-9-17-13-16(14(2)3)10-11-18(17)19;1-2/h10-11,13-15H,6-9,12H2,1-5H3;1-2H3. The van der Waals surface area contributed by atoms with E-state index in [9.17, 15) is 0 Å². The summed E-state index contributed by atoms with van der Waals surface area (Å²) >= 11 is 0. The maximum absolute atomic E-state index is 2.50. The van der Waals surface area contributed by atoms with Crippen LogP contribution in [0, 0.1) is 5.92 Å². The molecule has 0 aromatic heterocycles. The van der Waals surface area contributed by atoms with Gasteiger partial charge < -0.3 is 0 Å². The molecular formula is C21H36. The van der Waals surface area contributed by atoms with Crippen LogP contribution in [-0.2, 0) is 11.8 Å². The third-order valence-corrected chi connectivity index (χ3v) is 5.40. The Morgan fingerprint density at radius 3 is 2.48 bits per heavy atom. The van der Waals surface area contributed by atoms with Gasteiger partial charge in [0.05, 0.1) is 0 Å². The molecule has 0 saturated carbocycles. The van der Waals surface area contributed by atoms with E-state index in [2.05, 4.69) is 52.8 Å². The monoisotopic (exact) mass is 288 g/mol. The summed E-state index contributed by atoms with van der Waals surface area (Å²) in [5.74, 6) is 1.46. The van der Waals surface area contributed by atoms with Crippen LogP contribution < -0.4 is 0 Å². The summed E-state index contributed by atoms with van der Waals surface area (Å²) in [6.45, 7) is 15.8. The van der Waals surface area contributed by atoms with Crippen LogP contribution in [-0.4, -0.2) is 0 Å². The minimum Gasteiger partial charge on any atom is -0.0683 e. The molecule has 120 valence electrons. The van der Waals surface area contributed by atoms with E-state index in [-0.39, 0.29) is 0 Å². The highest BCUT2D eigenvalue weighted by Gasteiger charge is 2.37. The average molecular weight is 289 g/mol. The van der Waals surface area contributed by atoms with Crippen LogP contribution in [0.2, 0.25) is 0 Å². The summed E-state index contributed by atoms with van der Waals surface area (Å²) in [5.41, 5.74) is 5.18. The lowest BCUT2D eigenvalue weighted by molar-refractivity contribution is 0.252. The van der Waals surface area contributed by atoms with E-state index in [1.54, 1.807) is 11.1 Å². The van der Waals surface area contributed by atoms with E-state index >= 15 is 0 Å². The van der Waals surface area contributed by atoms with Crippen molar-refractivity contribution in [3.8, 4) is 0 Å². The van der Waals surface area contributed by atoms with Crippen LogP contribution in [0.15, 0.2) is 18.2 Å². The van der Waals surface area contributed by atoms with Gasteiger partial charge in [-0.05, 0) is 53.2 Å². The lowest BCUT2D eigenvalue weighted by Gasteiger charge is -2.42. The molecule has 0 nitrogen and oxygen atoms in total. The predicted octanol–water partition coefficient (Wildman–Crippen LogP) is 6.87. The Morgan fingerprint density at radius 2 is 1.90 bits per heavy atom. The normalized spacial score (nSPS) is 24.3. The maximum Gasteiger partial charge on any atom is -0.00468 e. The fourth-order valence-electron chi connectivity index (χ4n) is 3.62. The van der Waals surface area contributed by atoms with Crippen LogP contribution >= 0.6 is 0 Å². The summed E-state index contributed by atoms with van der Waals surface area (Å²) in [5, 5.41) is 0. The van der Waals surface area contributed by atoms with Crippen molar-refractivity contribution in [2.24, 2.45) is 5.92 Å².